The molecule has 136 valence electrons. The van der Waals surface area contributed by atoms with Crippen LogP contribution in [-0.4, -0.2) is 46.7 Å². The first-order valence-electron chi connectivity index (χ1n) is 9.10. The molecular weight excluding hydrogens is 330 g/mol. The number of rotatable bonds is 4. The molecule has 7 heteroatoms. The Hall–Kier alpha value is -2.54. The summed E-state index contributed by atoms with van der Waals surface area (Å²) in [4.78, 5) is 27.5. The van der Waals surface area contributed by atoms with Gasteiger partial charge in [-0.15, -0.1) is 0 Å². The van der Waals surface area contributed by atoms with Gasteiger partial charge in [0.2, 0.25) is 11.9 Å². The highest BCUT2D eigenvalue weighted by atomic mass is 16.5. The Bertz CT molecular complexity index is 727. The zero-order valence-corrected chi connectivity index (χ0v) is 14.6. The molecule has 1 N–H and O–H groups in total. The number of anilines is 1. The van der Waals surface area contributed by atoms with Crippen LogP contribution in [0.5, 0.6) is 0 Å². The number of aromatic nitrogens is 3. The molecule has 2 aromatic heterocycles. The van der Waals surface area contributed by atoms with E-state index >= 15 is 0 Å². The molecule has 0 unspecified atom stereocenters. The first kappa shape index (κ1) is 16.9. The Labute approximate surface area is 152 Å². The molecule has 0 bridgehead atoms. The molecule has 2 fully saturated rings. The number of carbonyl (C=O) groups is 1. The SMILES string of the molecule is O=C(NCc1cccnc1)[C@@H]1CO[C@@H]2CCN(c3ncccn3)C[C@@H]2C1. The molecule has 4 heterocycles. The summed E-state index contributed by atoms with van der Waals surface area (Å²) in [6.45, 7) is 2.73. The van der Waals surface area contributed by atoms with Crippen molar-refractivity contribution in [3.8, 4) is 0 Å². The third-order valence-corrected chi connectivity index (χ3v) is 5.16. The highest BCUT2D eigenvalue weighted by Gasteiger charge is 2.38. The largest absolute Gasteiger partial charge is 0.377 e. The van der Waals surface area contributed by atoms with Crippen molar-refractivity contribution < 1.29 is 9.53 Å². The molecule has 4 rings (SSSR count). The van der Waals surface area contributed by atoms with Crippen LogP contribution in [0.1, 0.15) is 18.4 Å². The van der Waals surface area contributed by atoms with Gasteiger partial charge in [0.25, 0.3) is 0 Å². The number of ether oxygens (including phenoxy) is 1. The highest BCUT2D eigenvalue weighted by Crippen LogP contribution is 2.32. The second kappa shape index (κ2) is 7.78. The molecule has 0 aliphatic carbocycles. The Morgan fingerprint density at radius 1 is 1.27 bits per heavy atom. The lowest BCUT2D eigenvalue weighted by atomic mass is 9.83. The van der Waals surface area contributed by atoms with Crippen LogP contribution in [0.3, 0.4) is 0 Å². The number of fused-ring (bicyclic) bond motifs is 1. The van der Waals surface area contributed by atoms with Crippen LogP contribution in [-0.2, 0) is 16.1 Å². The molecule has 2 aliphatic rings. The van der Waals surface area contributed by atoms with Crippen LogP contribution < -0.4 is 10.2 Å². The number of nitrogens with one attached hydrogen (secondary N) is 1. The van der Waals surface area contributed by atoms with E-state index in [1.807, 2.05) is 18.2 Å². The lowest BCUT2D eigenvalue weighted by Gasteiger charge is -2.43. The monoisotopic (exact) mass is 353 g/mol. The predicted molar refractivity (Wildman–Crippen MR) is 96.3 cm³/mol. The van der Waals surface area contributed by atoms with Crippen molar-refractivity contribution in [1.29, 1.82) is 0 Å². The van der Waals surface area contributed by atoms with Crippen molar-refractivity contribution in [3.63, 3.8) is 0 Å². The van der Waals surface area contributed by atoms with Crippen molar-refractivity contribution in [2.24, 2.45) is 11.8 Å². The molecule has 2 aliphatic heterocycles. The molecule has 0 spiro atoms. The quantitative estimate of drug-likeness (QED) is 0.895. The van der Waals surface area contributed by atoms with E-state index in [-0.39, 0.29) is 17.9 Å². The summed E-state index contributed by atoms with van der Waals surface area (Å²) in [5.74, 6) is 1.04. The van der Waals surface area contributed by atoms with Crippen LogP contribution in [0.25, 0.3) is 0 Å². The van der Waals surface area contributed by atoms with Gasteiger partial charge >= 0.3 is 0 Å². The fourth-order valence-electron chi connectivity index (χ4n) is 3.78. The first-order valence-corrected chi connectivity index (χ1v) is 9.10. The van der Waals surface area contributed by atoms with E-state index in [4.69, 9.17) is 4.74 Å². The van der Waals surface area contributed by atoms with E-state index in [1.165, 1.54) is 0 Å². The Morgan fingerprint density at radius 2 is 2.15 bits per heavy atom. The molecular formula is C19H23N5O2. The van der Waals surface area contributed by atoms with Crippen LogP contribution in [0.2, 0.25) is 0 Å². The third-order valence-electron chi connectivity index (χ3n) is 5.16. The third kappa shape index (κ3) is 3.83. The summed E-state index contributed by atoms with van der Waals surface area (Å²) in [5, 5.41) is 3.01. The van der Waals surface area contributed by atoms with Gasteiger partial charge in [-0.1, -0.05) is 6.07 Å². The molecule has 0 saturated carbocycles. The average Bonchev–Trinajstić information content (AvgIpc) is 2.72. The maximum atomic E-state index is 12.5. The van der Waals surface area contributed by atoms with E-state index in [1.54, 1.807) is 24.8 Å². The zero-order valence-electron chi connectivity index (χ0n) is 14.6. The lowest BCUT2D eigenvalue weighted by molar-refractivity contribution is -0.135. The van der Waals surface area contributed by atoms with Crippen LogP contribution in [0.4, 0.5) is 5.95 Å². The van der Waals surface area contributed by atoms with Gasteiger partial charge in [0, 0.05) is 50.3 Å². The van der Waals surface area contributed by atoms with E-state index < -0.39 is 0 Å². The topological polar surface area (TPSA) is 80.2 Å². The number of hydrogen-bond donors (Lipinski definition) is 1. The van der Waals surface area contributed by atoms with Gasteiger partial charge in [0.05, 0.1) is 18.6 Å². The maximum absolute atomic E-state index is 12.5. The predicted octanol–water partition coefficient (Wildman–Crippen LogP) is 1.42. The Balaban J connectivity index is 1.34. The molecule has 0 radical (unpaired) electrons. The van der Waals surface area contributed by atoms with Crippen molar-refractivity contribution in [1.82, 2.24) is 20.3 Å². The number of pyridine rings is 1. The molecule has 2 saturated heterocycles. The van der Waals surface area contributed by atoms with Gasteiger partial charge in [-0.3, -0.25) is 9.78 Å². The van der Waals surface area contributed by atoms with Crippen LogP contribution in [0.15, 0.2) is 43.0 Å². The minimum absolute atomic E-state index is 0.0559. The summed E-state index contributed by atoms with van der Waals surface area (Å²) < 4.78 is 6.01. The van der Waals surface area contributed by atoms with Crippen LogP contribution >= 0.6 is 0 Å². The van der Waals surface area contributed by atoms with Gasteiger partial charge < -0.3 is 15.0 Å². The van der Waals surface area contributed by atoms with Gasteiger partial charge in [0.1, 0.15) is 0 Å². The number of carbonyl (C=O) groups excluding carboxylic acids is 1. The Kier molecular flexibility index (Phi) is 5.06. The number of nitrogens with zero attached hydrogens (tertiary/aromatic N) is 4. The molecule has 3 atom stereocenters. The van der Waals surface area contributed by atoms with E-state index in [0.717, 1.165) is 37.4 Å². The van der Waals surface area contributed by atoms with Crippen molar-refractivity contribution in [2.75, 3.05) is 24.6 Å². The summed E-state index contributed by atoms with van der Waals surface area (Å²) in [6, 6.07) is 5.65. The van der Waals surface area contributed by atoms with Crippen molar-refractivity contribution >= 4 is 11.9 Å². The lowest BCUT2D eigenvalue weighted by Crippen LogP contribution is -2.50. The zero-order chi connectivity index (χ0) is 17.8. The van der Waals surface area contributed by atoms with Gasteiger partial charge in [-0.2, -0.15) is 0 Å². The van der Waals surface area contributed by atoms with Crippen molar-refractivity contribution in [2.45, 2.75) is 25.5 Å². The minimum Gasteiger partial charge on any atom is -0.377 e. The van der Waals surface area contributed by atoms with Gasteiger partial charge in [-0.05, 0) is 30.5 Å². The fraction of sp³-hybridized carbons (Fsp3) is 0.474. The standard InChI is InChI=1S/C19H23N5O2/c25-18(23-11-14-3-1-5-20-10-14)16-9-15-12-24(8-4-17(15)26-13-16)19-21-6-2-7-22-19/h1-3,5-7,10,15-17H,4,8-9,11-13H2,(H,23,25)/t15-,16-,17+/m0/s1. The van der Waals surface area contributed by atoms with Crippen LogP contribution in [0, 0.1) is 11.8 Å². The number of piperidine rings is 1. The average molecular weight is 353 g/mol. The molecule has 1 amide bonds. The first-order chi connectivity index (χ1) is 12.8. The molecule has 2 aromatic rings. The highest BCUT2D eigenvalue weighted by molar-refractivity contribution is 5.78. The maximum Gasteiger partial charge on any atom is 0.225 e. The number of amides is 1. The second-order valence-corrected chi connectivity index (χ2v) is 6.93. The Morgan fingerprint density at radius 3 is 2.96 bits per heavy atom. The van der Waals surface area contributed by atoms with Gasteiger partial charge in [0.15, 0.2) is 0 Å². The minimum atomic E-state index is -0.107. The molecule has 26 heavy (non-hydrogen) atoms. The molecule has 0 aromatic carbocycles. The summed E-state index contributed by atoms with van der Waals surface area (Å²) in [6.07, 6.45) is 9.05. The normalized spacial score (nSPS) is 25.4. The van der Waals surface area contributed by atoms with Gasteiger partial charge in [-0.25, -0.2) is 9.97 Å². The van der Waals surface area contributed by atoms with E-state index in [9.17, 15) is 4.79 Å². The smallest absolute Gasteiger partial charge is 0.225 e. The summed E-state index contributed by atoms with van der Waals surface area (Å²) in [7, 11) is 0. The molecule has 7 nitrogen and oxygen atoms in total. The summed E-state index contributed by atoms with van der Waals surface area (Å²) >= 11 is 0. The number of hydrogen-bond acceptors (Lipinski definition) is 6. The van der Waals surface area contributed by atoms with E-state index in [0.29, 0.717) is 19.1 Å². The fourth-order valence-corrected chi connectivity index (χ4v) is 3.78. The summed E-state index contributed by atoms with van der Waals surface area (Å²) in [5.41, 5.74) is 1.00. The second-order valence-electron chi connectivity index (χ2n) is 6.93. The van der Waals surface area contributed by atoms with E-state index in [2.05, 4.69) is 25.2 Å². The van der Waals surface area contributed by atoms with Crippen molar-refractivity contribution in [3.05, 3.63) is 48.5 Å².